The van der Waals surface area contributed by atoms with E-state index < -0.39 is 17.6 Å². The van der Waals surface area contributed by atoms with Gasteiger partial charge in [0.15, 0.2) is 5.83 Å². The maximum Gasteiger partial charge on any atom is 0.416 e. The van der Waals surface area contributed by atoms with Crippen LogP contribution in [0.5, 0.6) is 0 Å². The lowest BCUT2D eigenvalue weighted by atomic mass is 9.68. The Morgan fingerprint density at radius 2 is 1.52 bits per heavy atom. The van der Waals surface area contributed by atoms with Crippen molar-refractivity contribution in [1.29, 1.82) is 5.26 Å². The molecule has 0 radical (unpaired) electrons. The Bertz CT molecular complexity index is 784. The first kappa shape index (κ1) is 23.6. The molecular weight excluding hydrogens is 402 g/mol. The Balaban J connectivity index is 1.38. The third-order valence-corrected chi connectivity index (χ3v) is 7.27. The molecule has 0 amide bonds. The van der Waals surface area contributed by atoms with Gasteiger partial charge in [-0.2, -0.15) is 22.8 Å². The van der Waals surface area contributed by atoms with Crippen molar-refractivity contribution >= 4 is 0 Å². The average Bonchev–Trinajstić information content (AvgIpc) is 2.79. The number of nitriles is 1. The Hall–Kier alpha value is -2.09. The van der Waals surface area contributed by atoms with Crippen LogP contribution in [0.15, 0.2) is 48.3 Å². The van der Waals surface area contributed by atoms with Gasteiger partial charge in [-0.25, -0.2) is 0 Å². The number of hydrogen-bond acceptors (Lipinski definition) is 1. The normalized spacial score (nSPS) is 27.9. The van der Waals surface area contributed by atoms with Crippen LogP contribution in [0.1, 0.15) is 81.3 Å². The van der Waals surface area contributed by atoms with Crippen molar-refractivity contribution in [2.24, 2.45) is 17.8 Å². The van der Waals surface area contributed by atoms with Gasteiger partial charge < -0.3 is 0 Å². The molecule has 0 bridgehead atoms. The molecule has 1 nitrogen and oxygen atoms in total. The molecule has 0 saturated heterocycles. The van der Waals surface area contributed by atoms with E-state index in [1.165, 1.54) is 62.8 Å². The number of rotatable bonds is 6. The van der Waals surface area contributed by atoms with E-state index in [4.69, 9.17) is 5.26 Å². The van der Waals surface area contributed by atoms with Gasteiger partial charge in [-0.3, -0.25) is 0 Å². The molecule has 0 heterocycles. The zero-order valence-corrected chi connectivity index (χ0v) is 17.9. The molecule has 0 aliphatic heterocycles. The predicted octanol–water partition coefficient (Wildman–Crippen LogP) is 8.50. The molecule has 0 aromatic heterocycles. The van der Waals surface area contributed by atoms with Gasteiger partial charge in [0.2, 0.25) is 0 Å². The summed E-state index contributed by atoms with van der Waals surface area (Å²) < 4.78 is 51.0. The second-order valence-electron chi connectivity index (χ2n) is 9.14. The molecule has 1 aromatic rings. The second kappa shape index (κ2) is 11.0. The Kier molecular flexibility index (Phi) is 8.35. The molecule has 3 rings (SSSR count). The summed E-state index contributed by atoms with van der Waals surface area (Å²) in [4.78, 5) is 0. The average molecular weight is 434 g/mol. The van der Waals surface area contributed by atoms with Gasteiger partial charge in [0.05, 0.1) is 5.56 Å². The largest absolute Gasteiger partial charge is 0.416 e. The smallest absolute Gasteiger partial charge is 0.195 e. The zero-order valence-electron chi connectivity index (χ0n) is 17.9. The van der Waals surface area contributed by atoms with E-state index in [9.17, 15) is 17.6 Å². The van der Waals surface area contributed by atoms with E-state index in [1.807, 2.05) is 6.08 Å². The highest BCUT2D eigenvalue weighted by Crippen LogP contribution is 2.44. The summed E-state index contributed by atoms with van der Waals surface area (Å²) >= 11 is 0. The van der Waals surface area contributed by atoms with Crippen LogP contribution in [0.25, 0.3) is 0 Å². The Morgan fingerprint density at radius 1 is 0.935 bits per heavy atom. The molecule has 31 heavy (non-hydrogen) atoms. The first-order valence-corrected chi connectivity index (χ1v) is 11.5. The molecule has 5 heteroatoms. The molecule has 168 valence electrons. The standard InChI is InChI=1S/C26H31F4N/c27-25(18-31)5-3-1-2-4-19-6-8-20(9-7-19)21-10-12-22(13-11-21)23-14-16-24(17-15-23)26(28,29)30/h1,3,5,14-17,19-22H,2,4,6-13H2/b3-1+,25-5-/t19?,20?,21-,22-. The molecule has 0 N–H and O–H groups in total. The van der Waals surface area contributed by atoms with Crippen molar-refractivity contribution in [3.63, 3.8) is 0 Å². The summed E-state index contributed by atoms with van der Waals surface area (Å²) in [7, 11) is 0. The van der Waals surface area contributed by atoms with Crippen molar-refractivity contribution in [1.82, 2.24) is 0 Å². The fourth-order valence-corrected chi connectivity index (χ4v) is 5.43. The minimum atomic E-state index is -4.27. The third-order valence-electron chi connectivity index (χ3n) is 7.27. The summed E-state index contributed by atoms with van der Waals surface area (Å²) in [6, 6.07) is 7.23. The highest BCUT2D eigenvalue weighted by molar-refractivity contribution is 5.27. The molecule has 2 aliphatic rings. The molecular formula is C26H31F4N. The maximum atomic E-state index is 12.8. The SMILES string of the molecule is N#C/C(F)=C/C=C/CCC1CCC([C@H]2CC[C@H](c3ccc(C(F)(F)F)cc3)CC2)CC1. The van der Waals surface area contributed by atoms with Crippen LogP contribution in [0.3, 0.4) is 0 Å². The summed E-state index contributed by atoms with van der Waals surface area (Å²) in [6.45, 7) is 0. The number of alkyl halides is 3. The summed E-state index contributed by atoms with van der Waals surface area (Å²) in [5.74, 6) is 1.90. The van der Waals surface area contributed by atoms with E-state index in [-0.39, 0.29) is 0 Å². The van der Waals surface area contributed by atoms with E-state index in [0.29, 0.717) is 5.92 Å². The molecule has 2 aliphatic carbocycles. The van der Waals surface area contributed by atoms with Crippen LogP contribution in [0, 0.1) is 29.1 Å². The van der Waals surface area contributed by atoms with Crippen molar-refractivity contribution in [3.05, 3.63) is 59.4 Å². The van der Waals surface area contributed by atoms with E-state index in [0.717, 1.165) is 49.0 Å². The summed E-state index contributed by atoms with van der Waals surface area (Å²) in [5.41, 5.74) is 0.482. The molecule has 2 saturated carbocycles. The van der Waals surface area contributed by atoms with Crippen LogP contribution < -0.4 is 0 Å². The van der Waals surface area contributed by atoms with Crippen LogP contribution in [0.2, 0.25) is 0 Å². The van der Waals surface area contributed by atoms with Crippen molar-refractivity contribution < 1.29 is 17.6 Å². The quantitative estimate of drug-likeness (QED) is 0.251. The number of halogens is 4. The summed E-state index contributed by atoms with van der Waals surface area (Å²) in [6.07, 6.45) is 12.1. The first-order valence-electron chi connectivity index (χ1n) is 11.5. The fourth-order valence-electron chi connectivity index (χ4n) is 5.43. The van der Waals surface area contributed by atoms with Crippen LogP contribution in [-0.2, 0) is 6.18 Å². The fraction of sp³-hybridized carbons (Fsp3) is 0.577. The Morgan fingerprint density at radius 3 is 2.06 bits per heavy atom. The van der Waals surface area contributed by atoms with Crippen LogP contribution >= 0.6 is 0 Å². The minimum absolute atomic E-state index is 0.390. The van der Waals surface area contributed by atoms with Gasteiger partial charge in [0, 0.05) is 0 Å². The Labute approximate surface area is 182 Å². The molecule has 0 atom stereocenters. The monoisotopic (exact) mass is 433 g/mol. The topological polar surface area (TPSA) is 23.8 Å². The van der Waals surface area contributed by atoms with Crippen LogP contribution in [-0.4, -0.2) is 0 Å². The van der Waals surface area contributed by atoms with Gasteiger partial charge in [-0.05, 0) is 98.8 Å². The minimum Gasteiger partial charge on any atom is -0.195 e. The lowest BCUT2D eigenvalue weighted by molar-refractivity contribution is -0.137. The van der Waals surface area contributed by atoms with Gasteiger partial charge in [0.1, 0.15) is 6.07 Å². The molecule has 0 unspecified atom stereocenters. The number of hydrogen-bond donors (Lipinski definition) is 0. The highest BCUT2D eigenvalue weighted by atomic mass is 19.4. The van der Waals surface area contributed by atoms with Crippen molar-refractivity contribution in [2.75, 3.05) is 0 Å². The maximum absolute atomic E-state index is 12.8. The predicted molar refractivity (Wildman–Crippen MR) is 115 cm³/mol. The zero-order chi connectivity index (χ0) is 22.3. The summed E-state index contributed by atoms with van der Waals surface area (Å²) in [5, 5.41) is 8.37. The molecule has 2 fully saturated rings. The third kappa shape index (κ3) is 6.95. The van der Waals surface area contributed by atoms with Gasteiger partial charge >= 0.3 is 6.18 Å². The lowest BCUT2D eigenvalue weighted by Crippen LogP contribution is -2.25. The van der Waals surface area contributed by atoms with Crippen molar-refractivity contribution in [3.8, 4) is 6.07 Å². The lowest BCUT2D eigenvalue weighted by Gasteiger charge is -2.38. The van der Waals surface area contributed by atoms with Crippen molar-refractivity contribution in [2.45, 2.75) is 76.3 Å². The van der Waals surface area contributed by atoms with Crippen LogP contribution in [0.4, 0.5) is 17.6 Å². The van der Waals surface area contributed by atoms with E-state index >= 15 is 0 Å². The number of allylic oxidation sites excluding steroid dienone is 4. The number of benzene rings is 1. The second-order valence-corrected chi connectivity index (χ2v) is 9.14. The number of nitrogens with zero attached hydrogens (tertiary/aromatic N) is 1. The van der Waals surface area contributed by atoms with Gasteiger partial charge in [-0.15, -0.1) is 0 Å². The van der Waals surface area contributed by atoms with E-state index in [2.05, 4.69) is 0 Å². The first-order chi connectivity index (χ1) is 14.9. The van der Waals surface area contributed by atoms with Gasteiger partial charge in [0.25, 0.3) is 0 Å². The highest BCUT2D eigenvalue weighted by Gasteiger charge is 2.32. The molecule has 0 spiro atoms. The van der Waals surface area contributed by atoms with Gasteiger partial charge in [-0.1, -0.05) is 37.1 Å². The molecule has 1 aromatic carbocycles. The van der Waals surface area contributed by atoms with E-state index in [1.54, 1.807) is 18.2 Å².